The van der Waals surface area contributed by atoms with Gasteiger partial charge in [0.05, 0.1) is 12.1 Å². The predicted molar refractivity (Wildman–Crippen MR) is 148 cm³/mol. The molecule has 1 aromatic heterocycles. The molecule has 0 fully saturated rings. The van der Waals surface area contributed by atoms with Gasteiger partial charge >= 0.3 is 0 Å². The first-order valence-electron chi connectivity index (χ1n) is 12.9. The molecular formula is C31H33N3O4. The average Bonchev–Trinajstić information content (AvgIpc) is 3.30. The topological polar surface area (TPSA) is 72.8 Å². The van der Waals surface area contributed by atoms with Crippen LogP contribution in [-0.2, 0) is 17.7 Å². The smallest absolute Gasteiger partial charge is 0.271 e. The molecule has 0 saturated carbocycles. The molecular weight excluding hydrogens is 478 g/mol. The molecule has 1 aliphatic heterocycles. The Morgan fingerprint density at radius 3 is 2.55 bits per heavy atom. The first-order valence-corrected chi connectivity index (χ1v) is 12.9. The standard InChI is InChI=1S/C31H33N3O4/c1-22-11-12-28-25(15-22)18-29-31(36)33(21-30(35)34(28)29)20-26(16-23-7-4-3-5-8-23)32-19-24-9-6-10-27(17-24)38-14-13-37-2/h3-12,15,17-18,26,32H,13-14,16,19-21H2,1-2H3/t26-/m0/s1. The van der Waals surface area contributed by atoms with Crippen molar-refractivity contribution < 1.29 is 19.1 Å². The van der Waals surface area contributed by atoms with E-state index in [4.69, 9.17) is 9.47 Å². The number of carbonyl (C=O) groups excluding carboxylic acids is 2. The summed E-state index contributed by atoms with van der Waals surface area (Å²) in [7, 11) is 1.65. The van der Waals surface area contributed by atoms with E-state index in [0.717, 1.165) is 34.2 Å². The highest BCUT2D eigenvalue weighted by Gasteiger charge is 2.32. The minimum absolute atomic E-state index is 0.0506. The number of hydrogen-bond donors (Lipinski definition) is 1. The fourth-order valence-electron chi connectivity index (χ4n) is 4.99. The van der Waals surface area contributed by atoms with E-state index in [1.165, 1.54) is 5.56 Å². The monoisotopic (exact) mass is 511 g/mol. The Labute approximate surface area is 223 Å². The van der Waals surface area contributed by atoms with Gasteiger partial charge in [-0.05, 0) is 54.8 Å². The molecule has 2 heterocycles. The van der Waals surface area contributed by atoms with E-state index in [9.17, 15) is 9.59 Å². The van der Waals surface area contributed by atoms with Gasteiger partial charge in [0.1, 0.15) is 24.6 Å². The van der Waals surface area contributed by atoms with E-state index in [1.54, 1.807) is 16.6 Å². The first kappa shape index (κ1) is 25.7. The van der Waals surface area contributed by atoms with Crippen LogP contribution in [-0.4, -0.2) is 60.7 Å². The van der Waals surface area contributed by atoms with Gasteiger partial charge in [-0.1, -0.05) is 54.1 Å². The maximum Gasteiger partial charge on any atom is 0.271 e. The second-order valence-corrected chi connectivity index (χ2v) is 9.76. The molecule has 0 spiro atoms. The largest absolute Gasteiger partial charge is 0.491 e. The molecule has 196 valence electrons. The average molecular weight is 512 g/mol. The van der Waals surface area contributed by atoms with Gasteiger partial charge < -0.3 is 19.7 Å². The lowest BCUT2D eigenvalue weighted by atomic mass is 10.0. The first-order chi connectivity index (χ1) is 18.5. The number of amides is 1. The molecule has 3 aromatic carbocycles. The lowest BCUT2D eigenvalue weighted by Crippen LogP contribution is -2.50. The van der Waals surface area contributed by atoms with Crippen LogP contribution in [0.25, 0.3) is 10.9 Å². The third kappa shape index (κ3) is 5.79. The minimum atomic E-state index is -0.119. The zero-order valence-electron chi connectivity index (χ0n) is 21.9. The maximum absolute atomic E-state index is 13.5. The van der Waals surface area contributed by atoms with Crippen molar-refractivity contribution in [2.45, 2.75) is 25.9 Å². The van der Waals surface area contributed by atoms with Gasteiger partial charge in [-0.15, -0.1) is 0 Å². The molecule has 4 aromatic rings. The molecule has 0 radical (unpaired) electrons. The number of nitrogens with one attached hydrogen (secondary N) is 1. The van der Waals surface area contributed by atoms with E-state index in [0.29, 0.717) is 32.0 Å². The number of aryl methyl sites for hydroxylation is 1. The number of rotatable bonds is 11. The van der Waals surface area contributed by atoms with Crippen molar-refractivity contribution in [1.29, 1.82) is 0 Å². The van der Waals surface area contributed by atoms with E-state index >= 15 is 0 Å². The van der Waals surface area contributed by atoms with Crippen molar-refractivity contribution in [1.82, 2.24) is 14.8 Å². The Kier molecular flexibility index (Phi) is 7.86. The molecule has 0 aliphatic carbocycles. The predicted octanol–water partition coefficient (Wildman–Crippen LogP) is 4.47. The van der Waals surface area contributed by atoms with Gasteiger partial charge in [-0.25, -0.2) is 0 Å². The van der Waals surface area contributed by atoms with Gasteiger partial charge in [0.15, 0.2) is 0 Å². The van der Waals surface area contributed by atoms with Gasteiger partial charge in [0, 0.05) is 31.6 Å². The van der Waals surface area contributed by atoms with Crippen LogP contribution in [0.3, 0.4) is 0 Å². The number of fused-ring (bicyclic) bond motifs is 3. The van der Waals surface area contributed by atoms with Crippen molar-refractivity contribution >= 4 is 22.7 Å². The van der Waals surface area contributed by atoms with Gasteiger partial charge in [0.25, 0.3) is 11.8 Å². The number of benzene rings is 3. The van der Waals surface area contributed by atoms with Gasteiger partial charge in [-0.3, -0.25) is 14.2 Å². The second kappa shape index (κ2) is 11.6. The Morgan fingerprint density at radius 2 is 1.74 bits per heavy atom. The second-order valence-electron chi connectivity index (χ2n) is 9.76. The zero-order chi connectivity index (χ0) is 26.5. The lowest BCUT2D eigenvalue weighted by Gasteiger charge is -2.31. The third-order valence-corrected chi connectivity index (χ3v) is 6.85. The number of methoxy groups -OCH3 is 1. The SMILES string of the molecule is COCCOc1cccc(CN[C@@H](Cc2ccccc2)CN2CC(=O)n3c(cc4cc(C)ccc43)C2=O)c1. The molecule has 0 bridgehead atoms. The fraction of sp³-hybridized carbons (Fsp3) is 0.290. The summed E-state index contributed by atoms with van der Waals surface area (Å²) in [5, 5.41) is 4.54. The minimum Gasteiger partial charge on any atom is -0.491 e. The van der Waals surface area contributed by atoms with Crippen LogP contribution in [0.15, 0.2) is 78.9 Å². The summed E-state index contributed by atoms with van der Waals surface area (Å²) < 4.78 is 12.4. The molecule has 7 heteroatoms. The van der Waals surface area contributed by atoms with Crippen molar-refractivity contribution in [3.8, 4) is 5.75 Å². The summed E-state index contributed by atoms with van der Waals surface area (Å²) >= 11 is 0. The molecule has 5 rings (SSSR count). The van der Waals surface area contributed by atoms with Crippen molar-refractivity contribution in [2.75, 3.05) is 33.4 Å². The summed E-state index contributed by atoms with van der Waals surface area (Å²) in [6, 6.07) is 25.8. The summed E-state index contributed by atoms with van der Waals surface area (Å²) in [6.45, 7) is 4.11. The van der Waals surface area contributed by atoms with Crippen LogP contribution < -0.4 is 10.1 Å². The third-order valence-electron chi connectivity index (χ3n) is 6.85. The summed E-state index contributed by atoms with van der Waals surface area (Å²) in [4.78, 5) is 28.4. The van der Waals surface area contributed by atoms with Crippen molar-refractivity contribution in [3.05, 3.63) is 101 Å². The number of aromatic nitrogens is 1. The Morgan fingerprint density at radius 1 is 0.921 bits per heavy atom. The molecule has 1 N–H and O–H groups in total. The highest BCUT2D eigenvalue weighted by molar-refractivity contribution is 6.09. The zero-order valence-corrected chi connectivity index (χ0v) is 21.9. The van der Waals surface area contributed by atoms with Crippen LogP contribution in [0, 0.1) is 6.92 Å². The van der Waals surface area contributed by atoms with Crippen LogP contribution in [0.2, 0.25) is 0 Å². The molecule has 38 heavy (non-hydrogen) atoms. The number of ether oxygens (including phenoxy) is 2. The Bertz CT molecular complexity index is 1430. The molecule has 1 amide bonds. The quantitative estimate of drug-likeness (QED) is 0.301. The van der Waals surface area contributed by atoms with Gasteiger partial charge in [0.2, 0.25) is 0 Å². The number of carbonyl (C=O) groups is 2. The van der Waals surface area contributed by atoms with Crippen LogP contribution in [0.4, 0.5) is 0 Å². The van der Waals surface area contributed by atoms with Crippen LogP contribution >= 0.6 is 0 Å². The van der Waals surface area contributed by atoms with Crippen molar-refractivity contribution in [3.63, 3.8) is 0 Å². The summed E-state index contributed by atoms with van der Waals surface area (Å²) in [5.41, 5.74) is 4.56. The van der Waals surface area contributed by atoms with E-state index in [2.05, 4.69) is 17.4 Å². The Balaban J connectivity index is 1.33. The lowest BCUT2D eigenvalue weighted by molar-refractivity contribution is 0.0608. The van der Waals surface area contributed by atoms with Crippen molar-refractivity contribution in [2.24, 2.45) is 0 Å². The van der Waals surface area contributed by atoms with E-state index in [1.807, 2.05) is 73.7 Å². The molecule has 0 saturated heterocycles. The van der Waals surface area contributed by atoms with Crippen LogP contribution in [0.1, 0.15) is 32.0 Å². The summed E-state index contributed by atoms with van der Waals surface area (Å²) in [6.07, 6.45) is 0.727. The highest BCUT2D eigenvalue weighted by Crippen LogP contribution is 2.25. The molecule has 7 nitrogen and oxygen atoms in total. The fourth-order valence-corrected chi connectivity index (χ4v) is 4.99. The molecule has 1 atom stereocenters. The highest BCUT2D eigenvalue weighted by atomic mass is 16.5. The number of hydrogen-bond acceptors (Lipinski definition) is 5. The summed E-state index contributed by atoms with van der Waals surface area (Å²) in [5.74, 6) is 0.588. The maximum atomic E-state index is 13.5. The van der Waals surface area contributed by atoms with E-state index < -0.39 is 0 Å². The molecule has 1 aliphatic rings. The van der Waals surface area contributed by atoms with E-state index in [-0.39, 0.29) is 24.4 Å². The Hall–Kier alpha value is -3.94. The normalized spacial score (nSPS) is 14.1. The van der Waals surface area contributed by atoms with Gasteiger partial charge in [-0.2, -0.15) is 0 Å². The van der Waals surface area contributed by atoms with Crippen LogP contribution in [0.5, 0.6) is 5.75 Å². The number of nitrogens with zero attached hydrogens (tertiary/aromatic N) is 2. The molecule has 0 unspecified atom stereocenters.